The van der Waals surface area contributed by atoms with E-state index in [1.54, 1.807) is 0 Å². The number of nitrogens with one attached hydrogen (secondary N) is 1. The van der Waals surface area contributed by atoms with Crippen molar-refractivity contribution in [1.29, 1.82) is 0 Å². The lowest BCUT2D eigenvalue weighted by atomic mass is 9.87. The van der Waals surface area contributed by atoms with Crippen LogP contribution < -0.4 is 5.32 Å². The van der Waals surface area contributed by atoms with Crippen LogP contribution in [0.2, 0.25) is 0 Å². The summed E-state index contributed by atoms with van der Waals surface area (Å²) in [5.74, 6) is 1.16. The third-order valence-corrected chi connectivity index (χ3v) is 3.49. The molecule has 0 atom stereocenters. The molecule has 3 nitrogen and oxygen atoms in total. The van der Waals surface area contributed by atoms with Gasteiger partial charge < -0.3 is 9.88 Å². The normalized spacial score (nSPS) is 16.2. The fraction of sp³-hybridized carbons (Fsp3) is 0.500. The molecular weight excluding hydrogens is 210 g/mol. The number of benzene rings is 1. The molecule has 2 aromatic rings. The average molecular weight is 229 g/mol. The molecule has 1 aliphatic rings. The highest BCUT2D eigenvalue weighted by atomic mass is 15.2. The highest BCUT2D eigenvalue weighted by Gasteiger charge is 2.18. The van der Waals surface area contributed by atoms with Crippen LogP contribution in [0.5, 0.6) is 0 Å². The fourth-order valence-electron chi connectivity index (χ4n) is 2.42. The van der Waals surface area contributed by atoms with Crippen molar-refractivity contribution >= 4 is 11.0 Å². The Bertz CT molecular complexity index is 561. The van der Waals surface area contributed by atoms with Gasteiger partial charge in [0.15, 0.2) is 0 Å². The molecule has 2 heterocycles. The molecule has 0 saturated carbocycles. The number of rotatable bonds is 0. The third-order valence-electron chi connectivity index (χ3n) is 3.49. The Hall–Kier alpha value is -1.35. The van der Waals surface area contributed by atoms with Gasteiger partial charge in [-0.3, -0.25) is 0 Å². The molecule has 3 rings (SSSR count). The van der Waals surface area contributed by atoms with Crippen molar-refractivity contribution in [2.75, 3.05) is 6.54 Å². The van der Waals surface area contributed by atoms with E-state index in [1.165, 1.54) is 11.1 Å². The molecular formula is C14H19N3. The highest BCUT2D eigenvalue weighted by Crippen LogP contribution is 2.26. The molecule has 0 fully saturated rings. The maximum atomic E-state index is 4.73. The minimum Gasteiger partial charge on any atom is -0.326 e. The first-order valence-electron chi connectivity index (χ1n) is 6.26. The van der Waals surface area contributed by atoms with Gasteiger partial charge in [-0.05, 0) is 23.1 Å². The smallest absolute Gasteiger partial charge is 0.123 e. The van der Waals surface area contributed by atoms with Crippen LogP contribution in [-0.4, -0.2) is 16.1 Å². The molecule has 0 saturated heterocycles. The summed E-state index contributed by atoms with van der Waals surface area (Å²) < 4.78 is 2.33. The van der Waals surface area contributed by atoms with Gasteiger partial charge in [0.2, 0.25) is 0 Å². The second-order valence-electron chi connectivity index (χ2n) is 5.81. The number of hydrogen-bond acceptors (Lipinski definition) is 2. The van der Waals surface area contributed by atoms with E-state index in [0.717, 1.165) is 31.0 Å². The van der Waals surface area contributed by atoms with E-state index in [1.807, 2.05) is 0 Å². The topological polar surface area (TPSA) is 29.9 Å². The van der Waals surface area contributed by atoms with Crippen molar-refractivity contribution in [3.8, 4) is 0 Å². The van der Waals surface area contributed by atoms with Gasteiger partial charge in [0, 0.05) is 13.1 Å². The summed E-state index contributed by atoms with van der Waals surface area (Å²) in [5.41, 5.74) is 3.95. The van der Waals surface area contributed by atoms with Gasteiger partial charge in [0.25, 0.3) is 0 Å². The number of imidazole rings is 1. The minimum atomic E-state index is 0.191. The van der Waals surface area contributed by atoms with Crippen LogP contribution in [0.15, 0.2) is 18.2 Å². The molecule has 0 unspecified atom stereocenters. The summed E-state index contributed by atoms with van der Waals surface area (Å²) in [4.78, 5) is 4.73. The zero-order chi connectivity index (χ0) is 12.0. The molecule has 0 aliphatic carbocycles. The van der Waals surface area contributed by atoms with E-state index in [0.29, 0.717) is 0 Å². The van der Waals surface area contributed by atoms with Crippen LogP contribution >= 0.6 is 0 Å². The largest absolute Gasteiger partial charge is 0.326 e. The fourth-order valence-corrected chi connectivity index (χ4v) is 2.42. The third kappa shape index (κ3) is 1.75. The number of hydrogen-bond donors (Lipinski definition) is 1. The van der Waals surface area contributed by atoms with Crippen LogP contribution in [0.3, 0.4) is 0 Å². The Morgan fingerprint density at radius 3 is 2.88 bits per heavy atom. The van der Waals surface area contributed by atoms with Crippen LogP contribution in [0.1, 0.15) is 32.2 Å². The Balaban J connectivity index is 2.18. The standard InChI is InChI=1S/C14H19N3/c1-14(2,3)10-4-5-12-11(8-10)16-13-9-15-6-7-17(12)13/h4-5,8,15H,6-7,9H2,1-3H3. The van der Waals surface area contributed by atoms with E-state index >= 15 is 0 Å². The monoisotopic (exact) mass is 229 g/mol. The SMILES string of the molecule is CC(C)(C)c1ccc2c(c1)nc1n2CCNC1. The van der Waals surface area contributed by atoms with E-state index in [-0.39, 0.29) is 5.41 Å². The summed E-state index contributed by atoms with van der Waals surface area (Å²) in [6.45, 7) is 9.68. The van der Waals surface area contributed by atoms with Gasteiger partial charge in [-0.1, -0.05) is 26.8 Å². The van der Waals surface area contributed by atoms with Crippen molar-refractivity contribution in [3.05, 3.63) is 29.6 Å². The van der Waals surface area contributed by atoms with Crippen molar-refractivity contribution in [2.24, 2.45) is 0 Å². The Labute approximate surface area is 102 Å². The van der Waals surface area contributed by atoms with E-state index < -0.39 is 0 Å². The van der Waals surface area contributed by atoms with Crippen LogP contribution in [0, 0.1) is 0 Å². The zero-order valence-corrected chi connectivity index (χ0v) is 10.7. The first-order valence-corrected chi connectivity index (χ1v) is 6.26. The van der Waals surface area contributed by atoms with Gasteiger partial charge in [-0.15, -0.1) is 0 Å². The zero-order valence-electron chi connectivity index (χ0n) is 10.7. The van der Waals surface area contributed by atoms with E-state index in [9.17, 15) is 0 Å². The molecule has 0 spiro atoms. The van der Waals surface area contributed by atoms with E-state index in [4.69, 9.17) is 4.98 Å². The molecule has 1 aliphatic heterocycles. The average Bonchev–Trinajstić information content (AvgIpc) is 2.65. The van der Waals surface area contributed by atoms with Crippen molar-refractivity contribution < 1.29 is 0 Å². The second-order valence-corrected chi connectivity index (χ2v) is 5.81. The Kier molecular flexibility index (Phi) is 2.26. The summed E-state index contributed by atoms with van der Waals surface area (Å²) >= 11 is 0. The summed E-state index contributed by atoms with van der Waals surface area (Å²) in [6.07, 6.45) is 0. The molecule has 17 heavy (non-hydrogen) atoms. The quantitative estimate of drug-likeness (QED) is 0.752. The van der Waals surface area contributed by atoms with Gasteiger partial charge in [0.1, 0.15) is 5.82 Å². The van der Waals surface area contributed by atoms with E-state index in [2.05, 4.69) is 48.9 Å². The summed E-state index contributed by atoms with van der Waals surface area (Å²) in [7, 11) is 0. The minimum absolute atomic E-state index is 0.191. The number of aromatic nitrogens is 2. The van der Waals surface area contributed by atoms with Gasteiger partial charge >= 0.3 is 0 Å². The first-order chi connectivity index (χ1) is 8.05. The summed E-state index contributed by atoms with van der Waals surface area (Å²) in [6, 6.07) is 6.69. The van der Waals surface area contributed by atoms with Crippen LogP contribution in [0.4, 0.5) is 0 Å². The summed E-state index contributed by atoms with van der Waals surface area (Å²) in [5, 5.41) is 3.36. The maximum Gasteiger partial charge on any atom is 0.123 e. The van der Waals surface area contributed by atoms with Crippen LogP contribution in [0.25, 0.3) is 11.0 Å². The molecule has 0 radical (unpaired) electrons. The molecule has 0 bridgehead atoms. The molecule has 3 heteroatoms. The van der Waals surface area contributed by atoms with Crippen molar-refractivity contribution in [3.63, 3.8) is 0 Å². The molecule has 1 aromatic heterocycles. The molecule has 0 amide bonds. The molecule has 1 N–H and O–H groups in total. The Morgan fingerprint density at radius 2 is 2.12 bits per heavy atom. The molecule has 1 aromatic carbocycles. The maximum absolute atomic E-state index is 4.73. The van der Waals surface area contributed by atoms with Gasteiger partial charge in [-0.2, -0.15) is 0 Å². The lowest BCUT2D eigenvalue weighted by Gasteiger charge is -2.19. The second kappa shape index (κ2) is 3.57. The van der Waals surface area contributed by atoms with Gasteiger partial charge in [-0.25, -0.2) is 4.98 Å². The van der Waals surface area contributed by atoms with Crippen LogP contribution in [-0.2, 0) is 18.5 Å². The Morgan fingerprint density at radius 1 is 1.29 bits per heavy atom. The predicted octanol–water partition coefficient (Wildman–Crippen LogP) is 2.44. The first kappa shape index (κ1) is 10.8. The predicted molar refractivity (Wildman–Crippen MR) is 70.1 cm³/mol. The number of fused-ring (bicyclic) bond motifs is 3. The van der Waals surface area contributed by atoms with Gasteiger partial charge in [0.05, 0.1) is 17.6 Å². The highest BCUT2D eigenvalue weighted by molar-refractivity contribution is 5.77. The lowest BCUT2D eigenvalue weighted by Crippen LogP contribution is -2.28. The van der Waals surface area contributed by atoms with Crippen molar-refractivity contribution in [2.45, 2.75) is 39.3 Å². The number of nitrogens with zero attached hydrogens (tertiary/aromatic N) is 2. The van der Waals surface area contributed by atoms with Crippen molar-refractivity contribution in [1.82, 2.24) is 14.9 Å². The molecule has 90 valence electrons. The lowest BCUT2D eigenvalue weighted by molar-refractivity contribution is 0.514.